The van der Waals surface area contributed by atoms with Gasteiger partial charge in [-0.25, -0.2) is 0 Å². The SMILES string of the molecule is C=C(C)COCCCCCCCCCCCCCC[Si](Br)(Br)Br. The fraction of sp³-hybridized carbons (Fsp3) is 0.889. The standard InChI is InChI=1S/C18H35Br3OSi/c1-18(2)17-22-15-13-11-9-7-5-3-4-6-8-10-12-14-16-23(19,20)21/h1,3-17H2,2H3. The molecule has 23 heavy (non-hydrogen) atoms. The molecule has 0 unspecified atom stereocenters. The molecule has 0 bridgehead atoms. The molecule has 0 fully saturated rings. The molecule has 0 rings (SSSR count). The van der Waals surface area contributed by atoms with Gasteiger partial charge >= 0.3 is 0 Å². The average Bonchev–Trinajstić information content (AvgIpc) is 2.45. The summed E-state index contributed by atoms with van der Waals surface area (Å²) >= 11 is 11.1. The quantitative estimate of drug-likeness (QED) is 0.0787. The van der Waals surface area contributed by atoms with Crippen LogP contribution in [0.5, 0.6) is 0 Å². The maximum atomic E-state index is 5.51. The summed E-state index contributed by atoms with van der Waals surface area (Å²) in [5.41, 5.74) is 1.12. The first kappa shape index (κ1) is 24.4. The molecule has 0 spiro atoms. The molecule has 0 aliphatic heterocycles. The van der Waals surface area contributed by atoms with Crippen LogP contribution in [0.1, 0.15) is 84.0 Å². The van der Waals surface area contributed by atoms with Crippen LogP contribution in [0.4, 0.5) is 0 Å². The Bertz CT molecular complexity index is 280. The number of hydrogen-bond acceptors (Lipinski definition) is 1. The van der Waals surface area contributed by atoms with Crippen molar-refractivity contribution in [2.75, 3.05) is 13.2 Å². The molecule has 0 radical (unpaired) electrons. The van der Waals surface area contributed by atoms with Gasteiger partial charge in [-0.2, -0.15) is 0 Å². The van der Waals surface area contributed by atoms with Crippen LogP contribution in [-0.4, -0.2) is 17.1 Å². The maximum Gasteiger partial charge on any atom is 0.267 e. The zero-order chi connectivity index (χ0) is 17.4. The minimum Gasteiger partial charge on any atom is -0.377 e. The van der Waals surface area contributed by atoms with Crippen LogP contribution in [0.25, 0.3) is 0 Å². The van der Waals surface area contributed by atoms with Gasteiger partial charge in [0.25, 0.3) is 3.93 Å². The first-order chi connectivity index (χ1) is 10.9. The number of rotatable bonds is 17. The highest BCUT2D eigenvalue weighted by atomic mass is 80.0. The Kier molecular flexibility index (Phi) is 17.8. The van der Waals surface area contributed by atoms with Crippen LogP contribution < -0.4 is 0 Å². The molecule has 0 saturated carbocycles. The fourth-order valence-corrected chi connectivity index (χ4v) is 5.72. The van der Waals surface area contributed by atoms with Crippen LogP contribution in [0.3, 0.4) is 0 Å². The normalized spacial score (nSPS) is 11.8. The Labute approximate surface area is 169 Å². The van der Waals surface area contributed by atoms with Crippen molar-refractivity contribution in [1.29, 1.82) is 0 Å². The Morgan fingerprint density at radius 3 is 1.52 bits per heavy atom. The predicted molar refractivity (Wildman–Crippen MR) is 118 cm³/mol. The average molecular weight is 535 g/mol. The lowest BCUT2D eigenvalue weighted by atomic mass is 10.1. The van der Waals surface area contributed by atoms with Gasteiger partial charge in [-0.3, -0.25) is 0 Å². The van der Waals surface area contributed by atoms with Gasteiger partial charge in [0, 0.05) is 6.61 Å². The molecular weight excluding hydrogens is 500 g/mol. The van der Waals surface area contributed by atoms with Crippen LogP contribution in [0.2, 0.25) is 6.04 Å². The number of halogens is 3. The second-order valence-corrected chi connectivity index (χ2v) is 30.1. The van der Waals surface area contributed by atoms with Gasteiger partial charge in [-0.15, -0.1) is 0 Å². The summed E-state index contributed by atoms with van der Waals surface area (Å²) in [7, 11) is 0. The lowest BCUT2D eigenvalue weighted by Crippen LogP contribution is -2.04. The van der Waals surface area contributed by atoms with E-state index in [1.807, 2.05) is 6.92 Å². The van der Waals surface area contributed by atoms with Gasteiger partial charge < -0.3 is 4.74 Å². The minimum atomic E-state index is -1.34. The highest BCUT2D eigenvalue weighted by Gasteiger charge is 2.20. The summed E-state index contributed by atoms with van der Waals surface area (Å²) in [5, 5.41) is 0. The van der Waals surface area contributed by atoms with Crippen molar-refractivity contribution in [3.05, 3.63) is 12.2 Å². The zero-order valence-electron chi connectivity index (χ0n) is 14.9. The van der Waals surface area contributed by atoms with Crippen LogP contribution in [0, 0.1) is 0 Å². The molecule has 0 N–H and O–H groups in total. The molecule has 0 aromatic rings. The van der Waals surface area contributed by atoms with Gasteiger partial charge in [-0.1, -0.05) is 129 Å². The smallest absolute Gasteiger partial charge is 0.267 e. The van der Waals surface area contributed by atoms with E-state index in [-0.39, 0.29) is 0 Å². The molecule has 5 heteroatoms. The van der Waals surface area contributed by atoms with Crippen LogP contribution >= 0.6 is 45.9 Å². The number of ether oxygens (including phenoxy) is 1. The van der Waals surface area contributed by atoms with Gasteiger partial charge in [-0.05, 0) is 19.4 Å². The third-order valence-electron chi connectivity index (χ3n) is 3.85. The number of hydrogen-bond donors (Lipinski definition) is 0. The Hall–Kier alpha value is 1.36. The summed E-state index contributed by atoms with van der Waals surface area (Å²) in [4.78, 5) is 0. The third kappa shape index (κ3) is 23.4. The Balaban J connectivity index is 3.04. The Morgan fingerprint density at radius 1 is 0.739 bits per heavy atom. The lowest BCUT2D eigenvalue weighted by Gasteiger charge is -2.08. The lowest BCUT2D eigenvalue weighted by molar-refractivity contribution is 0.151. The first-order valence-electron chi connectivity index (χ1n) is 9.20. The summed E-state index contributed by atoms with van der Waals surface area (Å²) in [5.74, 6) is 0. The van der Waals surface area contributed by atoms with E-state index >= 15 is 0 Å². The summed E-state index contributed by atoms with van der Waals surface area (Å²) in [6.45, 7) is 7.48. The predicted octanol–water partition coefficient (Wildman–Crippen LogP) is 8.38. The van der Waals surface area contributed by atoms with Crippen LogP contribution in [-0.2, 0) is 4.74 Å². The van der Waals surface area contributed by atoms with Gasteiger partial charge in [0.05, 0.1) is 6.61 Å². The van der Waals surface area contributed by atoms with E-state index in [1.165, 1.54) is 83.1 Å². The van der Waals surface area contributed by atoms with Crippen molar-refractivity contribution in [2.45, 2.75) is 90.0 Å². The fourth-order valence-electron chi connectivity index (χ4n) is 2.54. The van der Waals surface area contributed by atoms with Crippen molar-refractivity contribution in [3.8, 4) is 0 Å². The minimum absolute atomic E-state index is 0.727. The molecule has 0 atom stereocenters. The molecule has 0 aromatic heterocycles. The van der Waals surface area contributed by atoms with Crippen molar-refractivity contribution < 1.29 is 4.74 Å². The molecule has 0 aliphatic carbocycles. The monoisotopic (exact) mass is 532 g/mol. The van der Waals surface area contributed by atoms with Gasteiger partial charge in [0.1, 0.15) is 0 Å². The molecule has 0 saturated heterocycles. The van der Waals surface area contributed by atoms with Gasteiger partial charge in [0.15, 0.2) is 0 Å². The van der Waals surface area contributed by atoms with E-state index in [0.717, 1.165) is 18.8 Å². The number of unbranched alkanes of at least 4 members (excludes halogenated alkanes) is 11. The van der Waals surface area contributed by atoms with E-state index in [2.05, 4.69) is 52.5 Å². The van der Waals surface area contributed by atoms with Crippen LogP contribution in [0.15, 0.2) is 12.2 Å². The summed E-state index contributed by atoms with van der Waals surface area (Å²) in [6.07, 6.45) is 16.5. The van der Waals surface area contributed by atoms with Crippen molar-refractivity contribution in [3.63, 3.8) is 0 Å². The summed E-state index contributed by atoms with van der Waals surface area (Å²) < 4.78 is 4.17. The van der Waals surface area contributed by atoms with Crippen molar-refractivity contribution in [1.82, 2.24) is 0 Å². The highest BCUT2D eigenvalue weighted by molar-refractivity contribution is 9.72. The molecular formula is C18H35Br3OSi. The van der Waals surface area contributed by atoms with Crippen molar-refractivity contribution in [2.24, 2.45) is 0 Å². The maximum absolute atomic E-state index is 5.51. The van der Waals surface area contributed by atoms with E-state index in [0.29, 0.717) is 0 Å². The Morgan fingerprint density at radius 2 is 1.13 bits per heavy atom. The molecule has 138 valence electrons. The molecule has 0 aromatic carbocycles. The van der Waals surface area contributed by atoms with Gasteiger partial charge in [0.2, 0.25) is 0 Å². The summed E-state index contributed by atoms with van der Waals surface area (Å²) in [6, 6.07) is 1.27. The van der Waals surface area contributed by atoms with Crippen molar-refractivity contribution >= 4 is 49.8 Å². The van der Waals surface area contributed by atoms with E-state index in [4.69, 9.17) is 4.74 Å². The topological polar surface area (TPSA) is 9.23 Å². The third-order valence-corrected chi connectivity index (χ3v) is 8.34. The zero-order valence-corrected chi connectivity index (χ0v) is 20.6. The molecule has 1 nitrogen and oxygen atoms in total. The second-order valence-electron chi connectivity index (χ2n) is 6.62. The van der Waals surface area contributed by atoms with E-state index in [1.54, 1.807) is 0 Å². The molecule has 0 heterocycles. The largest absolute Gasteiger partial charge is 0.377 e. The van der Waals surface area contributed by atoms with E-state index in [9.17, 15) is 0 Å². The second kappa shape index (κ2) is 16.8. The first-order valence-corrected chi connectivity index (χ1v) is 18.2. The molecule has 0 aliphatic rings. The molecule has 0 amide bonds. The van der Waals surface area contributed by atoms with E-state index < -0.39 is 3.93 Å². The highest BCUT2D eigenvalue weighted by Crippen LogP contribution is 2.33.